The van der Waals surface area contributed by atoms with Crippen LogP contribution in [0.4, 0.5) is 5.82 Å². The number of nitrogens with zero attached hydrogens (tertiary/aromatic N) is 4. The molecule has 0 aliphatic rings. The third kappa shape index (κ3) is 4.51. The lowest BCUT2D eigenvalue weighted by molar-refractivity contribution is 0.777. The van der Waals surface area contributed by atoms with Crippen molar-refractivity contribution in [1.29, 1.82) is 0 Å². The molecule has 4 rings (SSSR count). The van der Waals surface area contributed by atoms with Gasteiger partial charge in [-0.15, -0.1) is 0 Å². The van der Waals surface area contributed by atoms with Crippen molar-refractivity contribution in [3.8, 4) is 0 Å². The maximum atomic E-state index is 4.36. The summed E-state index contributed by atoms with van der Waals surface area (Å²) in [5.74, 6) is 0.855. The van der Waals surface area contributed by atoms with Crippen LogP contribution >= 0.6 is 0 Å². The third-order valence-corrected chi connectivity index (χ3v) is 4.97. The van der Waals surface area contributed by atoms with Crippen molar-refractivity contribution in [1.82, 2.24) is 19.7 Å². The van der Waals surface area contributed by atoms with Crippen molar-refractivity contribution in [2.45, 2.75) is 19.3 Å². The number of hydrogen-bond acceptors (Lipinski definition) is 4. The Morgan fingerprint density at radius 2 is 1.62 bits per heavy atom. The molecule has 0 aliphatic heterocycles. The summed E-state index contributed by atoms with van der Waals surface area (Å²) in [4.78, 5) is 8.64. The number of fused-ring (bicyclic) bond motifs is 1. The molecule has 0 spiro atoms. The molecule has 0 aliphatic carbocycles. The first-order valence-corrected chi connectivity index (χ1v) is 10.0. The molecular weight excluding hydrogens is 358 g/mol. The fourth-order valence-corrected chi connectivity index (χ4v) is 3.46. The first kappa shape index (κ1) is 18.9. The van der Waals surface area contributed by atoms with Gasteiger partial charge in [0.25, 0.3) is 0 Å². The Balaban J connectivity index is 1.36. The van der Waals surface area contributed by atoms with Crippen LogP contribution in [0.2, 0.25) is 0 Å². The normalized spacial score (nSPS) is 10.8. The van der Waals surface area contributed by atoms with Crippen molar-refractivity contribution >= 4 is 22.4 Å². The fourth-order valence-electron chi connectivity index (χ4n) is 3.46. The van der Waals surface area contributed by atoms with Gasteiger partial charge in [-0.1, -0.05) is 66.7 Å². The Hall–Kier alpha value is -3.47. The maximum absolute atomic E-state index is 4.36. The number of hydrogen-bond donors (Lipinski definition) is 1. The monoisotopic (exact) mass is 383 g/mol. The number of rotatable bonds is 8. The van der Waals surface area contributed by atoms with Gasteiger partial charge in [-0.2, -0.15) is 5.10 Å². The van der Waals surface area contributed by atoms with Crippen LogP contribution in [0.1, 0.15) is 30.4 Å². The molecule has 4 aromatic rings. The molecule has 29 heavy (non-hydrogen) atoms. The average molecular weight is 383 g/mol. The molecule has 2 heterocycles. The van der Waals surface area contributed by atoms with Gasteiger partial charge in [0, 0.05) is 13.6 Å². The van der Waals surface area contributed by atoms with Gasteiger partial charge in [-0.05, 0) is 36.0 Å². The number of anilines is 1. The Kier molecular flexibility index (Phi) is 5.95. The molecule has 5 heteroatoms. The largest absolute Gasteiger partial charge is 0.369 e. The van der Waals surface area contributed by atoms with Crippen molar-refractivity contribution in [2.24, 2.45) is 7.05 Å². The van der Waals surface area contributed by atoms with Gasteiger partial charge in [-0.3, -0.25) is 4.68 Å². The summed E-state index contributed by atoms with van der Waals surface area (Å²) in [6.45, 7) is 0.876. The van der Waals surface area contributed by atoms with E-state index in [9.17, 15) is 0 Å². The van der Waals surface area contributed by atoms with Gasteiger partial charge in [0.2, 0.25) is 0 Å². The summed E-state index contributed by atoms with van der Waals surface area (Å²) in [5, 5.41) is 8.65. The molecule has 2 aromatic heterocycles. The van der Waals surface area contributed by atoms with Crippen molar-refractivity contribution < 1.29 is 0 Å². The van der Waals surface area contributed by atoms with E-state index in [1.165, 1.54) is 16.7 Å². The molecule has 0 bridgehead atoms. The molecule has 0 fully saturated rings. The highest BCUT2D eigenvalue weighted by Gasteiger charge is 2.07. The standard InChI is InChI=1S/C24H25N5/c1-29-24-22(17-28-29)23(26-18-27-24)25-16-10-4-9-15-21(19-11-5-2-6-12-19)20-13-7-3-8-14-20/h2-3,5-8,11-15,17-18H,4,9-10,16H2,1H3,(H,25,26,27). The predicted molar refractivity (Wildman–Crippen MR) is 119 cm³/mol. The highest BCUT2D eigenvalue weighted by Crippen LogP contribution is 2.24. The summed E-state index contributed by atoms with van der Waals surface area (Å²) in [5.41, 5.74) is 4.67. The molecule has 0 saturated carbocycles. The van der Waals surface area contributed by atoms with Crippen LogP contribution in [-0.4, -0.2) is 26.3 Å². The first-order chi connectivity index (χ1) is 14.3. The van der Waals surface area contributed by atoms with Crippen LogP contribution in [0.5, 0.6) is 0 Å². The van der Waals surface area contributed by atoms with Gasteiger partial charge < -0.3 is 5.32 Å². The molecule has 0 saturated heterocycles. The minimum Gasteiger partial charge on any atom is -0.369 e. The van der Waals surface area contributed by atoms with Gasteiger partial charge >= 0.3 is 0 Å². The van der Waals surface area contributed by atoms with E-state index in [2.05, 4.69) is 87.1 Å². The minimum absolute atomic E-state index is 0.848. The zero-order chi connectivity index (χ0) is 19.9. The van der Waals surface area contributed by atoms with E-state index in [-0.39, 0.29) is 0 Å². The number of unbranched alkanes of at least 4 members (excludes halogenated alkanes) is 2. The van der Waals surface area contributed by atoms with E-state index in [0.29, 0.717) is 0 Å². The SMILES string of the molecule is Cn1ncc2c(NCCCCC=C(c3ccccc3)c3ccccc3)ncnc21. The highest BCUT2D eigenvalue weighted by molar-refractivity contribution is 5.85. The molecule has 2 aromatic carbocycles. The second-order valence-corrected chi connectivity index (χ2v) is 7.00. The van der Waals surface area contributed by atoms with E-state index in [4.69, 9.17) is 0 Å². The molecule has 146 valence electrons. The van der Waals surface area contributed by atoms with Crippen molar-refractivity contribution in [3.05, 3.63) is 90.4 Å². The van der Waals surface area contributed by atoms with Gasteiger partial charge in [0.15, 0.2) is 5.65 Å². The minimum atomic E-state index is 0.848. The van der Waals surface area contributed by atoms with E-state index in [1.54, 1.807) is 11.0 Å². The van der Waals surface area contributed by atoms with Crippen molar-refractivity contribution in [2.75, 3.05) is 11.9 Å². The van der Waals surface area contributed by atoms with Gasteiger partial charge in [-0.25, -0.2) is 9.97 Å². The third-order valence-electron chi connectivity index (χ3n) is 4.97. The van der Waals surface area contributed by atoms with E-state index < -0.39 is 0 Å². The van der Waals surface area contributed by atoms with Crippen molar-refractivity contribution in [3.63, 3.8) is 0 Å². The highest BCUT2D eigenvalue weighted by atomic mass is 15.3. The smallest absolute Gasteiger partial charge is 0.163 e. The number of benzene rings is 2. The number of allylic oxidation sites excluding steroid dienone is 1. The molecular formula is C24H25N5. The molecule has 5 nitrogen and oxygen atoms in total. The fraction of sp³-hybridized carbons (Fsp3) is 0.208. The topological polar surface area (TPSA) is 55.6 Å². The quantitative estimate of drug-likeness (QED) is 0.431. The summed E-state index contributed by atoms with van der Waals surface area (Å²) in [6, 6.07) is 21.2. The second kappa shape index (κ2) is 9.15. The maximum Gasteiger partial charge on any atom is 0.163 e. The van der Waals surface area contributed by atoms with Crippen LogP contribution in [0, 0.1) is 0 Å². The number of nitrogens with one attached hydrogen (secondary N) is 1. The van der Waals surface area contributed by atoms with Crippen LogP contribution < -0.4 is 5.32 Å². The zero-order valence-electron chi connectivity index (χ0n) is 16.6. The molecule has 0 unspecified atom stereocenters. The van der Waals surface area contributed by atoms with E-state index in [0.717, 1.165) is 42.7 Å². The van der Waals surface area contributed by atoms with Crippen LogP contribution in [0.3, 0.4) is 0 Å². The summed E-state index contributed by atoms with van der Waals surface area (Å²) in [7, 11) is 1.89. The van der Waals surface area contributed by atoms with Gasteiger partial charge in [0.1, 0.15) is 12.1 Å². The van der Waals surface area contributed by atoms with E-state index in [1.807, 2.05) is 13.2 Å². The Morgan fingerprint density at radius 1 is 0.931 bits per heavy atom. The molecule has 0 amide bonds. The summed E-state index contributed by atoms with van der Waals surface area (Å²) >= 11 is 0. The lowest BCUT2D eigenvalue weighted by Gasteiger charge is -2.09. The molecule has 0 radical (unpaired) electrons. The molecule has 0 atom stereocenters. The lowest BCUT2D eigenvalue weighted by atomic mass is 9.96. The predicted octanol–water partition coefficient (Wildman–Crippen LogP) is 5.08. The van der Waals surface area contributed by atoms with Crippen LogP contribution in [0.25, 0.3) is 16.6 Å². The Bertz CT molecular complexity index is 1040. The van der Waals surface area contributed by atoms with Crippen LogP contribution in [0.15, 0.2) is 79.3 Å². The van der Waals surface area contributed by atoms with Crippen LogP contribution in [-0.2, 0) is 7.05 Å². The lowest BCUT2D eigenvalue weighted by Crippen LogP contribution is -2.04. The Morgan fingerprint density at radius 3 is 2.31 bits per heavy atom. The average Bonchev–Trinajstić information content (AvgIpc) is 3.16. The summed E-state index contributed by atoms with van der Waals surface area (Å²) < 4.78 is 1.77. The number of aryl methyl sites for hydroxylation is 1. The van der Waals surface area contributed by atoms with Gasteiger partial charge in [0.05, 0.1) is 11.6 Å². The summed E-state index contributed by atoms with van der Waals surface area (Å²) in [6.07, 6.45) is 8.96. The second-order valence-electron chi connectivity index (χ2n) is 7.00. The molecule has 1 N–H and O–H groups in total. The number of aromatic nitrogens is 4. The zero-order valence-corrected chi connectivity index (χ0v) is 16.6. The van der Waals surface area contributed by atoms with E-state index >= 15 is 0 Å². The Labute approximate surface area is 171 Å². The first-order valence-electron chi connectivity index (χ1n) is 10.0.